The fourth-order valence-corrected chi connectivity index (χ4v) is 3.48. The van der Waals surface area contributed by atoms with Gasteiger partial charge in [-0.3, -0.25) is 0 Å². The van der Waals surface area contributed by atoms with Crippen LogP contribution >= 0.6 is 11.8 Å². The minimum Gasteiger partial charge on any atom is -0.508 e. The molecule has 0 spiro atoms. The number of aromatic hydroxyl groups is 1. The van der Waals surface area contributed by atoms with Gasteiger partial charge in [0.1, 0.15) is 5.75 Å². The molecule has 0 amide bonds. The number of rotatable bonds is 5. The van der Waals surface area contributed by atoms with Crippen LogP contribution in [-0.2, 0) is 6.42 Å². The predicted molar refractivity (Wildman–Crippen MR) is 79.4 cm³/mol. The van der Waals surface area contributed by atoms with Crippen molar-refractivity contribution in [3.63, 3.8) is 0 Å². The van der Waals surface area contributed by atoms with E-state index in [2.05, 4.69) is 24.6 Å². The first-order chi connectivity index (χ1) is 8.74. The standard InChI is InChI=1S/C15H23NOS/c1-3-12(10-18-2)16-15-6-4-5-11-9-13(17)7-8-14(11)15/h7-9,12,15-17H,3-6,10H2,1-2H3. The lowest BCUT2D eigenvalue weighted by Gasteiger charge is -2.30. The number of phenolic OH excluding ortho intramolecular Hbond substituents is 1. The summed E-state index contributed by atoms with van der Waals surface area (Å²) in [6.07, 6.45) is 6.86. The lowest BCUT2D eigenvalue weighted by atomic mass is 9.87. The zero-order valence-corrected chi connectivity index (χ0v) is 12.1. The van der Waals surface area contributed by atoms with E-state index in [1.165, 1.54) is 36.1 Å². The first kappa shape index (κ1) is 13.8. The van der Waals surface area contributed by atoms with Crippen molar-refractivity contribution in [3.8, 4) is 5.75 Å². The van der Waals surface area contributed by atoms with Gasteiger partial charge in [0.2, 0.25) is 0 Å². The molecule has 0 radical (unpaired) electrons. The Morgan fingerprint density at radius 3 is 3.06 bits per heavy atom. The predicted octanol–water partition coefficient (Wildman–Crippen LogP) is 3.50. The molecule has 0 heterocycles. The van der Waals surface area contributed by atoms with E-state index >= 15 is 0 Å². The third-order valence-electron chi connectivity index (χ3n) is 3.74. The van der Waals surface area contributed by atoms with Gasteiger partial charge in [-0.1, -0.05) is 13.0 Å². The lowest BCUT2D eigenvalue weighted by molar-refractivity contribution is 0.404. The second-order valence-electron chi connectivity index (χ2n) is 5.06. The second-order valence-corrected chi connectivity index (χ2v) is 5.97. The molecule has 0 saturated carbocycles. The van der Waals surface area contributed by atoms with Crippen LogP contribution in [0, 0.1) is 0 Å². The SMILES string of the molecule is CCC(CSC)NC1CCCc2cc(O)ccc21. The average molecular weight is 265 g/mol. The van der Waals surface area contributed by atoms with Crippen LogP contribution in [0.3, 0.4) is 0 Å². The largest absolute Gasteiger partial charge is 0.508 e. The van der Waals surface area contributed by atoms with Crippen molar-refractivity contribution in [2.45, 2.75) is 44.7 Å². The van der Waals surface area contributed by atoms with E-state index < -0.39 is 0 Å². The van der Waals surface area contributed by atoms with Crippen LogP contribution in [0.2, 0.25) is 0 Å². The van der Waals surface area contributed by atoms with E-state index in [1.54, 1.807) is 0 Å². The van der Waals surface area contributed by atoms with Gasteiger partial charge < -0.3 is 10.4 Å². The van der Waals surface area contributed by atoms with Crippen molar-refractivity contribution in [3.05, 3.63) is 29.3 Å². The summed E-state index contributed by atoms with van der Waals surface area (Å²) >= 11 is 1.90. The van der Waals surface area contributed by atoms with Gasteiger partial charge in [0.05, 0.1) is 0 Å². The minimum absolute atomic E-state index is 0.394. The Hall–Kier alpha value is -0.670. The molecule has 1 aliphatic rings. The fraction of sp³-hybridized carbons (Fsp3) is 0.600. The molecule has 0 aliphatic heterocycles. The quantitative estimate of drug-likeness (QED) is 0.854. The fourth-order valence-electron chi connectivity index (χ4n) is 2.74. The summed E-state index contributed by atoms with van der Waals surface area (Å²) in [5.41, 5.74) is 2.70. The van der Waals surface area contributed by atoms with Crippen molar-refractivity contribution in [1.29, 1.82) is 0 Å². The van der Waals surface area contributed by atoms with Crippen LogP contribution in [0.25, 0.3) is 0 Å². The molecule has 2 unspecified atom stereocenters. The van der Waals surface area contributed by atoms with E-state index in [1.807, 2.05) is 23.9 Å². The van der Waals surface area contributed by atoms with Crippen molar-refractivity contribution < 1.29 is 5.11 Å². The maximum absolute atomic E-state index is 9.56. The van der Waals surface area contributed by atoms with E-state index in [-0.39, 0.29) is 0 Å². The first-order valence-corrected chi connectivity index (χ1v) is 8.20. The Balaban J connectivity index is 2.12. The highest BCUT2D eigenvalue weighted by Gasteiger charge is 2.22. The number of nitrogens with one attached hydrogen (secondary N) is 1. The number of thioether (sulfide) groups is 1. The summed E-state index contributed by atoms with van der Waals surface area (Å²) in [6, 6.07) is 6.89. The average Bonchev–Trinajstić information content (AvgIpc) is 2.38. The highest BCUT2D eigenvalue weighted by molar-refractivity contribution is 7.98. The van der Waals surface area contributed by atoms with Gasteiger partial charge >= 0.3 is 0 Å². The molecule has 0 fully saturated rings. The van der Waals surface area contributed by atoms with Crippen LogP contribution in [0.5, 0.6) is 5.75 Å². The summed E-state index contributed by atoms with van der Waals surface area (Å²) in [5.74, 6) is 1.56. The van der Waals surface area contributed by atoms with Crippen LogP contribution < -0.4 is 5.32 Å². The highest BCUT2D eigenvalue weighted by Crippen LogP contribution is 2.32. The molecule has 2 atom stereocenters. The maximum atomic E-state index is 9.56. The van der Waals surface area contributed by atoms with E-state index in [9.17, 15) is 5.11 Å². The Bertz CT molecular complexity index is 394. The highest BCUT2D eigenvalue weighted by atomic mass is 32.2. The summed E-state index contributed by atoms with van der Waals surface area (Å²) in [5, 5.41) is 13.3. The molecule has 3 heteroatoms. The Morgan fingerprint density at radius 2 is 2.33 bits per heavy atom. The molecule has 0 saturated heterocycles. The van der Waals surface area contributed by atoms with Gasteiger partial charge in [-0.25, -0.2) is 0 Å². The number of fused-ring (bicyclic) bond motifs is 1. The van der Waals surface area contributed by atoms with Gasteiger partial charge in [-0.05, 0) is 55.2 Å². The van der Waals surface area contributed by atoms with Gasteiger partial charge in [0.25, 0.3) is 0 Å². The first-order valence-electron chi connectivity index (χ1n) is 6.81. The van der Waals surface area contributed by atoms with Crippen LogP contribution in [-0.4, -0.2) is 23.2 Å². The Labute approximate surface area is 114 Å². The topological polar surface area (TPSA) is 32.3 Å². The summed E-state index contributed by atoms with van der Waals surface area (Å²) in [6.45, 7) is 2.24. The van der Waals surface area contributed by atoms with E-state index in [0.29, 0.717) is 17.8 Å². The third kappa shape index (κ3) is 3.21. The van der Waals surface area contributed by atoms with Crippen molar-refractivity contribution in [2.24, 2.45) is 0 Å². The summed E-state index contributed by atoms with van der Waals surface area (Å²) < 4.78 is 0. The number of hydrogen-bond acceptors (Lipinski definition) is 3. The zero-order chi connectivity index (χ0) is 13.0. The Morgan fingerprint density at radius 1 is 1.50 bits per heavy atom. The molecule has 100 valence electrons. The monoisotopic (exact) mass is 265 g/mol. The van der Waals surface area contributed by atoms with Crippen molar-refractivity contribution >= 4 is 11.8 Å². The third-order valence-corrected chi connectivity index (χ3v) is 4.47. The maximum Gasteiger partial charge on any atom is 0.115 e. The number of benzene rings is 1. The zero-order valence-electron chi connectivity index (χ0n) is 11.3. The number of hydrogen-bond donors (Lipinski definition) is 2. The molecular formula is C15H23NOS. The molecule has 1 aliphatic carbocycles. The molecular weight excluding hydrogens is 242 g/mol. The lowest BCUT2D eigenvalue weighted by Crippen LogP contribution is -2.35. The van der Waals surface area contributed by atoms with E-state index in [0.717, 1.165) is 6.42 Å². The normalized spacial score (nSPS) is 20.4. The minimum atomic E-state index is 0.394. The molecule has 1 aromatic rings. The van der Waals surface area contributed by atoms with Crippen LogP contribution in [0.15, 0.2) is 18.2 Å². The molecule has 1 aromatic carbocycles. The Kier molecular flexibility index (Phi) is 4.95. The second kappa shape index (κ2) is 6.48. The number of phenols is 1. The summed E-state index contributed by atoms with van der Waals surface area (Å²) in [7, 11) is 0. The van der Waals surface area contributed by atoms with E-state index in [4.69, 9.17) is 0 Å². The summed E-state index contributed by atoms with van der Waals surface area (Å²) in [4.78, 5) is 0. The smallest absolute Gasteiger partial charge is 0.115 e. The van der Waals surface area contributed by atoms with Crippen LogP contribution in [0.1, 0.15) is 43.4 Å². The molecule has 2 nitrogen and oxygen atoms in total. The van der Waals surface area contributed by atoms with Gasteiger partial charge in [-0.15, -0.1) is 0 Å². The molecule has 0 bridgehead atoms. The van der Waals surface area contributed by atoms with Gasteiger partial charge in [-0.2, -0.15) is 11.8 Å². The van der Waals surface area contributed by atoms with Gasteiger partial charge in [0.15, 0.2) is 0 Å². The van der Waals surface area contributed by atoms with Crippen LogP contribution in [0.4, 0.5) is 0 Å². The van der Waals surface area contributed by atoms with Crippen molar-refractivity contribution in [1.82, 2.24) is 5.32 Å². The van der Waals surface area contributed by atoms with Gasteiger partial charge in [0, 0.05) is 17.8 Å². The molecule has 2 N–H and O–H groups in total. The number of aryl methyl sites for hydroxylation is 1. The molecule has 2 rings (SSSR count). The molecule has 18 heavy (non-hydrogen) atoms. The molecule has 0 aromatic heterocycles. The van der Waals surface area contributed by atoms with Crippen molar-refractivity contribution in [2.75, 3.05) is 12.0 Å².